The molecule has 6 rings (SSSR count). The Labute approximate surface area is 255 Å². The van der Waals surface area contributed by atoms with E-state index in [1.807, 2.05) is 13.8 Å². The van der Waals surface area contributed by atoms with Gasteiger partial charge in [-0.1, -0.05) is 26.5 Å². The quantitative estimate of drug-likeness (QED) is 0.322. The first-order valence-corrected chi connectivity index (χ1v) is 14.3. The van der Waals surface area contributed by atoms with Gasteiger partial charge in [-0.15, -0.1) is 0 Å². The molecule has 0 radical (unpaired) electrons. The smallest absolute Gasteiger partial charge is 0.354 e. The third-order valence-electron chi connectivity index (χ3n) is 8.38. The standard InChI is InChI=1S/C32H29F3N6O4/c1-6-20(43)39-13-18-31(44)37-27-23-29(25(35)22(24(27)34)21-17(33)8-7-9-19(21)42)41(28-15(4)10-11-36-26(28)14(2)3)32(45)38-30(23)40(18)12-16(39)5/h6-11,14,16,18,42H,1,12-13H2,2-5H3,(H,37,44). The molecular weight excluding hydrogens is 589 g/mol. The number of aryl methyl sites for hydroxylation is 1. The number of piperazine rings is 1. The van der Waals surface area contributed by atoms with E-state index in [0.717, 1.165) is 22.8 Å². The van der Waals surface area contributed by atoms with Crippen LogP contribution in [0.3, 0.4) is 0 Å². The Bertz CT molecular complexity index is 1990. The van der Waals surface area contributed by atoms with Crippen LogP contribution in [0.5, 0.6) is 5.75 Å². The lowest BCUT2D eigenvalue weighted by Gasteiger charge is -2.44. The molecule has 4 heterocycles. The number of pyridine rings is 1. The predicted octanol–water partition coefficient (Wildman–Crippen LogP) is 4.55. The number of carbonyl (C=O) groups excluding carboxylic acids is 2. The fourth-order valence-electron chi connectivity index (χ4n) is 6.26. The topological polar surface area (TPSA) is 121 Å². The third kappa shape index (κ3) is 4.44. The second-order valence-electron chi connectivity index (χ2n) is 11.5. The summed E-state index contributed by atoms with van der Waals surface area (Å²) in [6.07, 6.45) is 2.65. The first-order chi connectivity index (χ1) is 21.4. The number of aromatic hydroxyl groups is 1. The minimum atomic E-state index is -1.37. The van der Waals surface area contributed by atoms with E-state index in [0.29, 0.717) is 11.3 Å². The van der Waals surface area contributed by atoms with Gasteiger partial charge < -0.3 is 20.2 Å². The van der Waals surface area contributed by atoms with E-state index in [1.165, 1.54) is 22.1 Å². The van der Waals surface area contributed by atoms with Crippen LogP contribution < -0.4 is 15.9 Å². The predicted molar refractivity (Wildman–Crippen MR) is 162 cm³/mol. The Hall–Kier alpha value is -5.20. The van der Waals surface area contributed by atoms with Gasteiger partial charge in [-0.05, 0) is 49.6 Å². The largest absolute Gasteiger partial charge is 0.507 e. The number of nitrogens with zero attached hydrogens (tertiary/aromatic N) is 5. The average Bonchev–Trinajstić information content (AvgIpc) is 3.10. The SMILES string of the molecule is C=CC(=O)N1CC2C(=O)Nc3c(F)c(-c4c(O)cccc4F)c(F)c4c3c(nc(=O)n4-c3c(C)ccnc3C(C)C)N2CC1C. The van der Waals surface area contributed by atoms with Crippen LogP contribution in [0.4, 0.5) is 24.7 Å². The molecule has 2 aliphatic rings. The van der Waals surface area contributed by atoms with Gasteiger partial charge in [-0.2, -0.15) is 4.98 Å². The van der Waals surface area contributed by atoms with Crippen LogP contribution in [0, 0.1) is 24.4 Å². The van der Waals surface area contributed by atoms with Crippen molar-refractivity contribution >= 4 is 34.2 Å². The zero-order valence-electron chi connectivity index (χ0n) is 24.9. The Kier molecular flexibility index (Phi) is 7.13. The lowest BCUT2D eigenvalue weighted by Crippen LogP contribution is -2.62. The van der Waals surface area contributed by atoms with Crippen molar-refractivity contribution in [2.45, 2.75) is 45.7 Å². The number of benzene rings is 2. The highest BCUT2D eigenvalue weighted by molar-refractivity contribution is 6.13. The number of halogens is 3. The molecule has 0 bridgehead atoms. The molecule has 2 unspecified atom stereocenters. The second kappa shape index (κ2) is 10.8. The Morgan fingerprint density at radius 3 is 2.53 bits per heavy atom. The molecule has 232 valence electrons. The fourth-order valence-corrected chi connectivity index (χ4v) is 6.26. The van der Waals surface area contributed by atoms with Crippen molar-refractivity contribution in [1.29, 1.82) is 0 Å². The van der Waals surface area contributed by atoms with Crippen molar-refractivity contribution in [2.24, 2.45) is 0 Å². The number of hydrogen-bond donors (Lipinski definition) is 2. The molecular formula is C32H29F3N6O4. The van der Waals surface area contributed by atoms with Crippen molar-refractivity contribution in [1.82, 2.24) is 19.4 Å². The lowest BCUT2D eigenvalue weighted by atomic mass is 9.97. The number of phenols is 1. The molecule has 2 atom stereocenters. The van der Waals surface area contributed by atoms with Gasteiger partial charge in [0, 0.05) is 18.8 Å². The molecule has 45 heavy (non-hydrogen) atoms. The van der Waals surface area contributed by atoms with Crippen molar-refractivity contribution in [2.75, 3.05) is 23.3 Å². The molecule has 2 aromatic heterocycles. The monoisotopic (exact) mass is 618 g/mol. The highest BCUT2D eigenvalue weighted by atomic mass is 19.1. The van der Waals surface area contributed by atoms with Crippen LogP contribution >= 0.6 is 0 Å². The second-order valence-corrected chi connectivity index (χ2v) is 11.5. The van der Waals surface area contributed by atoms with Crippen molar-refractivity contribution in [3.05, 3.63) is 82.3 Å². The van der Waals surface area contributed by atoms with Gasteiger partial charge in [0.2, 0.25) is 11.8 Å². The summed E-state index contributed by atoms with van der Waals surface area (Å²) in [5.74, 6) is -6.26. The number of phenolic OH excluding ortho intramolecular Hbond substituents is 1. The van der Waals surface area contributed by atoms with E-state index in [-0.39, 0.29) is 35.9 Å². The molecule has 0 spiro atoms. The summed E-state index contributed by atoms with van der Waals surface area (Å²) >= 11 is 0. The first kappa shape index (κ1) is 29.9. The number of anilines is 2. The van der Waals surface area contributed by atoms with E-state index in [2.05, 4.69) is 21.9 Å². The van der Waals surface area contributed by atoms with E-state index >= 15 is 13.2 Å². The van der Waals surface area contributed by atoms with Gasteiger partial charge in [0.25, 0.3) is 0 Å². The van der Waals surface area contributed by atoms with Crippen molar-refractivity contribution in [3.8, 4) is 22.6 Å². The maximum absolute atomic E-state index is 17.1. The van der Waals surface area contributed by atoms with Crippen LogP contribution in [-0.4, -0.2) is 61.5 Å². The van der Waals surface area contributed by atoms with E-state index in [1.54, 1.807) is 19.9 Å². The minimum Gasteiger partial charge on any atom is -0.507 e. The molecule has 2 N–H and O–H groups in total. The molecule has 0 saturated carbocycles. The molecule has 4 aromatic rings. The van der Waals surface area contributed by atoms with Gasteiger partial charge in [0.15, 0.2) is 11.6 Å². The fraction of sp³-hybridized carbons (Fsp3) is 0.281. The number of rotatable bonds is 4. The van der Waals surface area contributed by atoms with Gasteiger partial charge in [0.05, 0.1) is 40.1 Å². The van der Waals surface area contributed by atoms with Crippen molar-refractivity contribution in [3.63, 3.8) is 0 Å². The summed E-state index contributed by atoms with van der Waals surface area (Å²) in [6.45, 7) is 10.4. The summed E-state index contributed by atoms with van der Waals surface area (Å²) in [6, 6.07) is 3.13. The Morgan fingerprint density at radius 1 is 1.13 bits per heavy atom. The minimum absolute atomic E-state index is 0.00901. The zero-order valence-corrected chi connectivity index (χ0v) is 24.9. The molecule has 10 nitrogen and oxygen atoms in total. The molecule has 0 aliphatic carbocycles. The molecule has 2 aliphatic heterocycles. The number of aromatic nitrogens is 3. The highest BCUT2D eigenvalue weighted by Gasteiger charge is 2.43. The van der Waals surface area contributed by atoms with E-state index in [9.17, 15) is 19.5 Å². The summed E-state index contributed by atoms with van der Waals surface area (Å²) in [5, 5.41) is 12.9. The highest BCUT2D eigenvalue weighted by Crippen LogP contribution is 2.46. The summed E-state index contributed by atoms with van der Waals surface area (Å²) < 4.78 is 50.0. The van der Waals surface area contributed by atoms with Crippen LogP contribution in [-0.2, 0) is 9.59 Å². The van der Waals surface area contributed by atoms with Crippen LogP contribution in [0.1, 0.15) is 37.9 Å². The molecule has 1 saturated heterocycles. The summed E-state index contributed by atoms with van der Waals surface area (Å²) in [5.41, 5.74) is -2.65. The molecule has 1 fully saturated rings. The van der Waals surface area contributed by atoms with Crippen LogP contribution in [0.2, 0.25) is 0 Å². The third-order valence-corrected chi connectivity index (χ3v) is 8.38. The average molecular weight is 619 g/mol. The van der Waals surface area contributed by atoms with Gasteiger partial charge in [-0.3, -0.25) is 19.1 Å². The van der Waals surface area contributed by atoms with Gasteiger partial charge in [0.1, 0.15) is 28.9 Å². The van der Waals surface area contributed by atoms with Crippen LogP contribution in [0.15, 0.2) is 47.9 Å². The van der Waals surface area contributed by atoms with Crippen LogP contribution in [0.25, 0.3) is 27.7 Å². The summed E-state index contributed by atoms with van der Waals surface area (Å²) in [7, 11) is 0. The number of carbonyl (C=O) groups is 2. The van der Waals surface area contributed by atoms with E-state index in [4.69, 9.17) is 0 Å². The van der Waals surface area contributed by atoms with Gasteiger partial charge in [-0.25, -0.2) is 18.0 Å². The number of fused-ring (bicyclic) bond motifs is 2. The Morgan fingerprint density at radius 2 is 1.87 bits per heavy atom. The zero-order chi connectivity index (χ0) is 32.5. The number of amides is 2. The molecule has 13 heteroatoms. The first-order valence-electron chi connectivity index (χ1n) is 14.3. The number of hydrogen-bond acceptors (Lipinski definition) is 7. The molecule has 2 amide bonds. The normalized spacial score (nSPS) is 17.7. The maximum Gasteiger partial charge on any atom is 0.354 e. The van der Waals surface area contributed by atoms with Gasteiger partial charge >= 0.3 is 5.69 Å². The lowest BCUT2D eigenvalue weighted by molar-refractivity contribution is -0.130. The maximum atomic E-state index is 17.1. The number of nitrogens with one attached hydrogen (secondary N) is 1. The molecule has 2 aromatic carbocycles. The summed E-state index contributed by atoms with van der Waals surface area (Å²) in [4.78, 5) is 52.1. The van der Waals surface area contributed by atoms with E-state index < -0.39 is 75.1 Å². The van der Waals surface area contributed by atoms with Crippen molar-refractivity contribution < 1.29 is 27.9 Å². The Balaban J connectivity index is 1.79.